The quantitative estimate of drug-likeness (QED) is 0.572. The fraction of sp³-hybridized carbons (Fsp3) is 0.542. The molecule has 2 aliphatic heterocycles. The average molecular weight is 458 g/mol. The Morgan fingerprint density at radius 2 is 2.06 bits per heavy atom. The van der Waals surface area contributed by atoms with Gasteiger partial charge in [0.25, 0.3) is 0 Å². The highest BCUT2D eigenvalue weighted by Gasteiger charge is 2.25. The molecule has 4 rings (SSSR count). The van der Waals surface area contributed by atoms with E-state index in [1.54, 1.807) is 12.3 Å². The predicted molar refractivity (Wildman–Crippen MR) is 128 cm³/mol. The number of carbonyl (C=O) groups excluding carboxylic acids is 1. The number of nitrogens with one attached hydrogen (secondary N) is 3. The number of anilines is 2. The van der Waals surface area contributed by atoms with E-state index in [0.29, 0.717) is 29.3 Å². The molecule has 2 saturated heterocycles. The standard InChI is InChI=1S/C24H32ClN5O2/c1-2-18-7-6-17(14-26-18)24(31)30-23-12-19(20(25)15-28-23)21-4-3-5-22(29-21)27-13-16-8-10-32-11-9-16/h3-5,12,15-18,26H,2,6-11,13-14H2,1H3,(H,27,29)(H,28,30,31)/t17?,18-/m1/s1. The van der Waals surface area contributed by atoms with E-state index in [0.717, 1.165) is 68.9 Å². The highest BCUT2D eigenvalue weighted by Crippen LogP contribution is 2.29. The van der Waals surface area contributed by atoms with Crippen LogP contribution in [-0.2, 0) is 9.53 Å². The molecule has 1 unspecified atom stereocenters. The molecular weight excluding hydrogens is 426 g/mol. The van der Waals surface area contributed by atoms with E-state index >= 15 is 0 Å². The molecule has 32 heavy (non-hydrogen) atoms. The second-order valence-electron chi connectivity index (χ2n) is 8.67. The van der Waals surface area contributed by atoms with Crippen LogP contribution in [0.4, 0.5) is 11.6 Å². The average Bonchev–Trinajstić information content (AvgIpc) is 2.85. The molecule has 2 fully saturated rings. The molecule has 0 aromatic carbocycles. The molecule has 0 bridgehead atoms. The summed E-state index contributed by atoms with van der Waals surface area (Å²) in [6.45, 7) is 5.40. The molecule has 0 spiro atoms. The van der Waals surface area contributed by atoms with Gasteiger partial charge >= 0.3 is 0 Å². The highest BCUT2D eigenvalue weighted by atomic mass is 35.5. The molecule has 0 radical (unpaired) electrons. The third kappa shape index (κ3) is 5.97. The van der Waals surface area contributed by atoms with E-state index in [1.807, 2.05) is 18.2 Å². The van der Waals surface area contributed by atoms with Crippen LogP contribution in [0.25, 0.3) is 11.3 Å². The number of pyridine rings is 2. The van der Waals surface area contributed by atoms with Crippen molar-refractivity contribution in [3.8, 4) is 11.3 Å². The number of nitrogens with zero attached hydrogens (tertiary/aromatic N) is 2. The molecule has 7 nitrogen and oxygen atoms in total. The van der Waals surface area contributed by atoms with Crippen LogP contribution in [0.15, 0.2) is 30.5 Å². The summed E-state index contributed by atoms with van der Waals surface area (Å²) in [5.74, 6) is 1.85. The molecule has 2 aromatic heterocycles. The van der Waals surface area contributed by atoms with Crippen LogP contribution in [0.5, 0.6) is 0 Å². The third-order valence-corrected chi connectivity index (χ3v) is 6.73. The van der Waals surface area contributed by atoms with Crippen LogP contribution in [-0.4, -0.2) is 48.2 Å². The Labute approximate surface area is 194 Å². The van der Waals surface area contributed by atoms with Crippen LogP contribution >= 0.6 is 11.6 Å². The number of amides is 1. The zero-order valence-electron chi connectivity index (χ0n) is 18.6. The van der Waals surface area contributed by atoms with E-state index < -0.39 is 0 Å². The number of halogens is 1. The Morgan fingerprint density at radius 3 is 2.81 bits per heavy atom. The first-order chi connectivity index (χ1) is 15.6. The molecular formula is C24H32ClN5O2. The molecule has 4 heterocycles. The minimum Gasteiger partial charge on any atom is -0.381 e. The molecule has 2 aromatic rings. The third-order valence-electron chi connectivity index (χ3n) is 6.42. The van der Waals surface area contributed by atoms with Crippen LogP contribution in [0.2, 0.25) is 5.02 Å². The summed E-state index contributed by atoms with van der Waals surface area (Å²) < 4.78 is 5.43. The van der Waals surface area contributed by atoms with Crippen molar-refractivity contribution in [3.05, 3.63) is 35.5 Å². The number of ether oxygens (including phenoxy) is 1. The molecule has 0 saturated carbocycles. The van der Waals surface area contributed by atoms with Gasteiger partial charge in [0, 0.05) is 44.1 Å². The Morgan fingerprint density at radius 1 is 1.22 bits per heavy atom. The largest absolute Gasteiger partial charge is 0.381 e. The molecule has 8 heteroatoms. The monoisotopic (exact) mass is 457 g/mol. The maximum absolute atomic E-state index is 12.7. The van der Waals surface area contributed by atoms with Gasteiger partial charge in [-0.2, -0.15) is 0 Å². The van der Waals surface area contributed by atoms with Gasteiger partial charge in [-0.25, -0.2) is 9.97 Å². The van der Waals surface area contributed by atoms with Gasteiger partial charge in [-0.15, -0.1) is 0 Å². The lowest BCUT2D eigenvalue weighted by atomic mass is 9.93. The van der Waals surface area contributed by atoms with Gasteiger partial charge in [0.1, 0.15) is 11.6 Å². The van der Waals surface area contributed by atoms with E-state index in [-0.39, 0.29) is 11.8 Å². The van der Waals surface area contributed by atoms with E-state index in [1.165, 1.54) is 0 Å². The molecule has 0 aliphatic carbocycles. The van der Waals surface area contributed by atoms with Gasteiger partial charge in [0.05, 0.1) is 16.6 Å². The Balaban J connectivity index is 1.41. The van der Waals surface area contributed by atoms with Gasteiger partial charge in [-0.3, -0.25) is 4.79 Å². The predicted octanol–water partition coefficient (Wildman–Crippen LogP) is 4.35. The van der Waals surface area contributed by atoms with Crippen molar-refractivity contribution in [3.63, 3.8) is 0 Å². The SMILES string of the molecule is CC[C@@H]1CCC(C(=O)Nc2cc(-c3cccc(NCC4CCOCC4)n3)c(Cl)cn2)CN1. The van der Waals surface area contributed by atoms with E-state index in [2.05, 4.69) is 27.9 Å². The second kappa shape index (κ2) is 11.1. The van der Waals surface area contributed by atoms with Crippen molar-refractivity contribution in [1.29, 1.82) is 0 Å². The molecule has 2 aliphatic rings. The van der Waals surface area contributed by atoms with Crippen molar-refractivity contribution < 1.29 is 9.53 Å². The lowest BCUT2D eigenvalue weighted by Gasteiger charge is -2.28. The Kier molecular flexibility index (Phi) is 7.95. The van der Waals surface area contributed by atoms with Gasteiger partial charge in [-0.05, 0) is 56.2 Å². The smallest absolute Gasteiger partial charge is 0.229 e. The summed E-state index contributed by atoms with van der Waals surface area (Å²) in [7, 11) is 0. The summed E-state index contributed by atoms with van der Waals surface area (Å²) >= 11 is 6.44. The Bertz CT molecular complexity index is 911. The lowest BCUT2D eigenvalue weighted by molar-refractivity contribution is -0.120. The highest BCUT2D eigenvalue weighted by molar-refractivity contribution is 6.33. The Hall–Kier alpha value is -2.22. The number of carbonyl (C=O) groups is 1. The number of rotatable bonds is 7. The van der Waals surface area contributed by atoms with Crippen LogP contribution in [0.3, 0.4) is 0 Å². The number of hydrogen-bond donors (Lipinski definition) is 3. The maximum Gasteiger partial charge on any atom is 0.229 e. The zero-order valence-corrected chi connectivity index (χ0v) is 19.3. The molecule has 1 amide bonds. The van der Waals surface area contributed by atoms with Crippen molar-refractivity contribution in [2.75, 3.05) is 36.9 Å². The molecule has 2 atom stereocenters. The first-order valence-corrected chi connectivity index (χ1v) is 12.0. The number of aromatic nitrogens is 2. The van der Waals surface area contributed by atoms with Gasteiger partial charge in [0.15, 0.2) is 0 Å². The summed E-state index contributed by atoms with van der Waals surface area (Å²) in [5, 5.41) is 10.4. The first kappa shape index (κ1) is 23.0. The number of piperidine rings is 1. The summed E-state index contributed by atoms with van der Waals surface area (Å²) in [4.78, 5) is 21.8. The lowest BCUT2D eigenvalue weighted by Crippen LogP contribution is -2.43. The summed E-state index contributed by atoms with van der Waals surface area (Å²) in [5.41, 5.74) is 1.49. The van der Waals surface area contributed by atoms with E-state index in [9.17, 15) is 4.79 Å². The van der Waals surface area contributed by atoms with Crippen molar-refractivity contribution in [2.24, 2.45) is 11.8 Å². The maximum atomic E-state index is 12.7. The molecule has 172 valence electrons. The van der Waals surface area contributed by atoms with Crippen molar-refractivity contribution in [1.82, 2.24) is 15.3 Å². The van der Waals surface area contributed by atoms with Crippen molar-refractivity contribution in [2.45, 2.75) is 45.1 Å². The summed E-state index contributed by atoms with van der Waals surface area (Å²) in [6, 6.07) is 8.15. The first-order valence-electron chi connectivity index (χ1n) is 11.6. The number of hydrogen-bond acceptors (Lipinski definition) is 6. The van der Waals surface area contributed by atoms with Crippen LogP contribution in [0.1, 0.15) is 39.0 Å². The van der Waals surface area contributed by atoms with Gasteiger partial charge < -0.3 is 20.7 Å². The van der Waals surface area contributed by atoms with Crippen LogP contribution in [0, 0.1) is 11.8 Å². The normalized spacial score (nSPS) is 21.8. The fourth-order valence-electron chi connectivity index (χ4n) is 4.30. The van der Waals surface area contributed by atoms with Crippen LogP contribution < -0.4 is 16.0 Å². The van der Waals surface area contributed by atoms with Gasteiger partial charge in [-0.1, -0.05) is 24.6 Å². The minimum absolute atomic E-state index is 0.00679. The van der Waals surface area contributed by atoms with Crippen molar-refractivity contribution >= 4 is 29.1 Å². The van der Waals surface area contributed by atoms with E-state index in [4.69, 9.17) is 21.3 Å². The second-order valence-corrected chi connectivity index (χ2v) is 9.08. The summed E-state index contributed by atoms with van der Waals surface area (Å²) in [6.07, 6.45) is 6.71. The fourth-order valence-corrected chi connectivity index (χ4v) is 4.50. The molecule has 3 N–H and O–H groups in total. The minimum atomic E-state index is -0.0467. The topological polar surface area (TPSA) is 88.2 Å². The zero-order chi connectivity index (χ0) is 22.3. The van der Waals surface area contributed by atoms with Gasteiger partial charge in [0.2, 0.25) is 5.91 Å².